The van der Waals surface area contributed by atoms with Gasteiger partial charge in [-0.2, -0.15) is 0 Å². The summed E-state index contributed by atoms with van der Waals surface area (Å²) in [6.45, 7) is 9.45. The lowest BCUT2D eigenvalue weighted by Gasteiger charge is -2.44. The first-order chi connectivity index (χ1) is 8.30. The number of benzene rings is 1. The van der Waals surface area contributed by atoms with E-state index in [4.69, 9.17) is 5.11 Å². The number of anilines is 2. The van der Waals surface area contributed by atoms with Crippen LogP contribution in [0.3, 0.4) is 0 Å². The average Bonchev–Trinajstić information content (AvgIpc) is 2.25. The van der Waals surface area contributed by atoms with Crippen LogP contribution in [0.15, 0.2) is 18.2 Å². The smallest absolute Gasteiger partial charge is 0.335 e. The van der Waals surface area contributed by atoms with E-state index in [1.165, 1.54) is 0 Å². The molecule has 0 atom stereocenters. The molecule has 1 heterocycles. The molecule has 1 aliphatic rings. The van der Waals surface area contributed by atoms with Crippen molar-refractivity contribution in [3.05, 3.63) is 23.8 Å². The largest absolute Gasteiger partial charge is 0.478 e. The molecular formula is C14H20N2O2. The minimum absolute atomic E-state index is 0.0611. The Morgan fingerprint density at radius 1 is 1.44 bits per heavy atom. The molecule has 0 radical (unpaired) electrons. The normalized spacial score (nSPS) is 17.3. The highest BCUT2D eigenvalue weighted by atomic mass is 16.4. The maximum Gasteiger partial charge on any atom is 0.335 e. The Kier molecular flexibility index (Phi) is 2.97. The molecule has 0 amide bonds. The summed E-state index contributed by atoms with van der Waals surface area (Å²) < 4.78 is 0. The molecule has 0 spiro atoms. The number of aromatic carboxylic acids is 1. The van der Waals surface area contributed by atoms with E-state index in [1.54, 1.807) is 12.1 Å². The van der Waals surface area contributed by atoms with Gasteiger partial charge in [0.15, 0.2) is 0 Å². The minimum atomic E-state index is -0.890. The number of hydrogen-bond donors (Lipinski definition) is 2. The second-order valence-electron chi connectivity index (χ2n) is 5.77. The predicted molar refractivity (Wildman–Crippen MR) is 73.6 cm³/mol. The number of rotatable bonds is 2. The summed E-state index contributed by atoms with van der Waals surface area (Å²) >= 11 is 0. The van der Waals surface area contributed by atoms with Crippen LogP contribution in [0.1, 0.15) is 38.1 Å². The van der Waals surface area contributed by atoms with Crippen molar-refractivity contribution in [1.29, 1.82) is 0 Å². The van der Waals surface area contributed by atoms with Gasteiger partial charge in [0.2, 0.25) is 0 Å². The van der Waals surface area contributed by atoms with Crippen LogP contribution >= 0.6 is 0 Å². The monoisotopic (exact) mass is 248 g/mol. The van der Waals surface area contributed by atoms with Crippen molar-refractivity contribution in [2.24, 2.45) is 0 Å². The van der Waals surface area contributed by atoms with Crippen LogP contribution in [0.5, 0.6) is 0 Å². The number of nitrogens with zero attached hydrogens (tertiary/aromatic N) is 1. The lowest BCUT2D eigenvalue weighted by Crippen LogP contribution is -2.50. The minimum Gasteiger partial charge on any atom is -0.478 e. The van der Waals surface area contributed by atoms with Crippen LogP contribution in [-0.4, -0.2) is 29.2 Å². The summed E-state index contributed by atoms with van der Waals surface area (Å²) in [7, 11) is 0. The number of carboxylic acids is 1. The van der Waals surface area contributed by atoms with E-state index in [1.807, 2.05) is 6.07 Å². The standard InChI is InChI=1S/C14H20N2O2/c1-9(2)16-8-14(3,4)15-11-7-10(13(17)18)5-6-12(11)16/h5-7,9,15H,8H2,1-4H3,(H,17,18). The highest BCUT2D eigenvalue weighted by molar-refractivity contribution is 5.91. The molecule has 0 aliphatic carbocycles. The molecule has 0 fully saturated rings. The Labute approximate surface area is 108 Å². The van der Waals surface area contributed by atoms with Crippen LogP contribution in [0.25, 0.3) is 0 Å². The van der Waals surface area contributed by atoms with Crippen molar-refractivity contribution in [3.8, 4) is 0 Å². The van der Waals surface area contributed by atoms with Gasteiger partial charge in [0.25, 0.3) is 0 Å². The zero-order valence-corrected chi connectivity index (χ0v) is 11.3. The summed E-state index contributed by atoms with van der Waals surface area (Å²) in [5.41, 5.74) is 2.24. The molecule has 0 unspecified atom stereocenters. The Morgan fingerprint density at radius 3 is 2.67 bits per heavy atom. The zero-order valence-electron chi connectivity index (χ0n) is 11.3. The van der Waals surface area contributed by atoms with Gasteiger partial charge in [-0.25, -0.2) is 4.79 Å². The van der Waals surface area contributed by atoms with Crippen molar-refractivity contribution in [2.45, 2.75) is 39.3 Å². The van der Waals surface area contributed by atoms with E-state index in [-0.39, 0.29) is 5.54 Å². The molecule has 18 heavy (non-hydrogen) atoms. The third-order valence-electron chi connectivity index (χ3n) is 3.21. The Balaban J connectivity index is 2.49. The molecule has 1 aromatic carbocycles. The molecule has 4 nitrogen and oxygen atoms in total. The second kappa shape index (κ2) is 4.19. The maximum absolute atomic E-state index is 11.0. The molecule has 2 N–H and O–H groups in total. The van der Waals surface area contributed by atoms with Crippen LogP contribution in [0, 0.1) is 0 Å². The van der Waals surface area contributed by atoms with Gasteiger partial charge in [-0.05, 0) is 45.9 Å². The van der Waals surface area contributed by atoms with Gasteiger partial charge in [0, 0.05) is 18.1 Å². The maximum atomic E-state index is 11.0. The molecule has 98 valence electrons. The summed E-state index contributed by atoms with van der Waals surface area (Å²) in [4.78, 5) is 13.3. The number of carbonyl (C=O) groups is 1. The molecule has 1 aliphatic heterocycles. The lowest BCUT2D eigenvalue weighted by molar-refractivity contribution is 0.0697. The quantitative estimate of drug-likeness (QED) is 0.845. The van der Waals surface area contributed by atoms with E-state index in [2.05, 4.69) is 37.9 Å². The predicted octanol–water partition coefficient (Wildman–Crippen LogP) is 2.80. The summed E-state index contributed by atoms with van der Waals surface area (Å²) in [6, 6.07) is 5.66. The van der Waals surface area contributed by atoms with Crippen molar-refractivity contribution in [2.75, 3.05) is 16.8 Å². The molecule has 0 aromatic heterocycles. The van der Waals surface area contributed by atoms with Gasteiger partial charge >= 0.3 is 5.97 Å². The molecule has 0 saturated carbocycles. The van der Waals surface area contributed by atoms with Crippen LogP contribution in [-0.2, 0) is 0 Å². The topological polar surface area (TPSA) is 52.6 Å². The fraction of sp³-hybridized carbons (Fsp3) is 0.500. The molecule has 4 heteroatoms. The zero-order chi connectivity index (χ0) is 13.5. The molecule has 0 saturated heterocycles. The Hall–Kier alpha value is -1.71. The van der Waals surface area contributed by atoms with E-state index < -0.39 is 5.97 Å². The van der Waals surface area contributed by atoms with E-state index in [9.17, 15) is 4.79 Å². The van der Waals surface area contributed by atoms with Crippen molar-refractivity contribution < 1.29 is 9.90 Å². The second-order valence-corrected chi connectivity index (χ2v) is 5.77. The molecule has 0 bridgehead atoms. The molecule has 2 rings (SSSR count). The first-order valence-corrected chi connectivity index (χ1v) is 6.22. The van der Waals surface area contributed by atoms with Crippen LogP contribution < -0.4 is 10.2 Å². The molecular weight excluding hydrogens is 228 g/mol. The van der Waals surface area contributed by atoms with Gasteiger partial charge in [-0.15, -0.1) is 0 Å². The third kappa shape index (κ3) is 2.28. The van der Waals surface area contributed by atoms with Crippen molar-refractivity contribution >= 4 is 17.3 Å². The van der Waals surface area contributed by atoms with E-state index >= 15 is 0 Å². The lowest BCUT2D eigenvalue weighted by atomic mass is 9.97. The summed E-state index contributed by atoms with van der Waals surface area (Å²) in [6.07, 6.45) is 0. The summed E-state index contributed by atoms with van der Waals surface area (Å²) in [5, 5.41) is 12.5. The van der Waals surface area contributed by atoms with Crippen LogP contribution in [0.2, 0.25) is 0 Å². The number of fused-ring (bicyclic) bond motifs is 1. The summed E-state index contributed by atoms with van der Waals surface area (Å²) in [5.74, 6) is -0.890. The van der Waals surface area contributed by atoms with Gasteiger partial charge in [-0.3, -0.25) is 0 Å². The fourth-order valence-electron chi connectivity index (χ4n) is 2.40. The first-order valence-electron chi connectivity index (χ1n) is 6.22. The van der Waals surface area contributed by atoms with Crippen molar-refractivity contribution in [1.82, 2.24) is 0 Å². The Bertz CT molecular complexity index is 481. The van der Waals surface area contributed by atoms with E-state index in [0.717, 1.165) is 17.9 Å². The average molecular weight is 248 g/mol. The SMILES string of the molecule is CC(C)N1CC(C)(C)Nc2cc(C(=O)O)ccc21. The van der Waals surface area contributed by atoms with Gasteiger partial charge in [0.1, 0.15) is 0 Å². The van der Waals surface area contributed by atoms with E-state index in [0.29, 0.717) is 11.6 Å². The third-order valence-corrected chi connectivity index (χ3v) is 3.21. The Morgan fingerprint density at radius 2 is 2.11 bits per heavy atom. The van der Waals surface area contributed by atoms with Gasteiger partial charge in [-0.1, -0.05) is 0 Å². The van der Waals surface area contributed by atoms with Gasteiger partial charge in [0.05, 0.1) is 16.9 Å². The van der Waals surface area contributed by atoms with Crippen molar-refractivity contribution in [3.63, 3.8) is 0 Å². The molecule has 1 aromatic rings. The fourth-order valence-corrected chi connectivity index (χ4v) is 2.40. The number of hydrogen-bond acceptors (Lipinski definition) is 3. The number of nitrogens with one attached hydrogen (secondary N) is 1. The highest BCUT2D eigenvalue weighted by Crippen LogP contribution is 2.36. The number of carboxylic acid groups (broad SMARTS) is 1. The highest BCUT2D eigenvalue weighted by Gasteiger charge is 2.31. The van der Waals surface area contributed by atoms with Crippen LogP contribution in [0.4, 0.5) is 11.4 Å². The van der Waals surface area contributed by atoms with Gasteiger partial charge < -0.3 is 15.3 Å². The first kappa shape index (κ1) is 12.7.